The van der Waals surface area contributed by atoms with E-state index in [1.165, 1.54) is 24.1 Å². The molecule has 1 unspecified atom stereocenters. The van der Waals surface area contributed by atoms with Gasteiger partial charge in [0.2, 0.25) is 0 Å². The Bertz CT molecular complexity index is 1230. The molecule has 2 atom stereocenters. The molecule has 0 aromatic heterocycles. The molecule has 7 nitrogen and oxygen atoms in total. The molecule has 2 aromatic rings. The molecule has 2 fully saturated rings. The van der Waals surface area contributed by atoms with E-state index in [2.05, 4.69) is 10.2 Å². The molecular weight excluding hydrogens is 535 g/mol. The van der Waals surface area contributed by atoms with Crippen molar-refractivity contribution in [2.45, 2.75) is 37.5 Å². The van der Waals surface area contributed by atoms with Crippen LogP contribution in [0.25, 0.3) is 0 Å². The maximum atomic E-state index is 13.9. The lowest BCUT2D eigenvalue weighted by Crippen LogP contribution is -2.54. The largest absolute Gasteiger partial charge is 0.497 e. The quantitative estimate of drug-likeness (QED) is 0.487. The van der Waals surface area contributed by atoms with Gasteiger partial charge in [0, 0.05) is 45.0 Å². The minimum absolute atomic E-state index is 0.0360. The van der Waals surface area contributed by atoms with Gasteiger partial charge >= 0.3 is 6.18 Å². The summed E-state index contributed by atoms with van der Waals surface area (Å²) < 4.78 is 46.6. The molecule has 1 aliphatic carbocycles. The highest BCUT2D eigenvalue weighted by Gasteiger charge is 2.61. The van der Waals surface area contributed by atoms with Crippen LogP contribution < -0.4 is 15.0 Å². The zero-order valence-corrected chi connectivity index (χ0v) is 22.9. The molecule has 2 aliphatic rings. The summed E-state index contributed by atoms with van der Waals surface area (Å²) in [5.41, 5.74) is -2.77. The van der Waals surface area contributed by atoms with E-state index in [4.69, 9.17) is 16.3 Å². The van der Waals surface area contributed by atoms with Gasteiger partial charge < -0.3 is 25.0 Å². The van der Waals surface area contributed by atoms with E-state index in [0.717, 1.165) is 50.2 Å². The molecule has 39 heavy (non-hydrogen) atoms. The number of methoxy groups -OCH3 is 1. The number of anilines is 1. The predicted octanol–water partition coefficient (Wildman–Crippen LogP) is 4.61. The second-order valence-corrected chi connectivity index (χ2v) is 11.0. The smallest absolute Gasteiger partial charge is 0.430 e. The first-order valence-electron chi connectivity index (χ1n) is 12.8. The number of benzene rings is 2. The van der Waals surface area contributed by atoms with Crippen molar-refractivity contribution in [2.75, 3.05) is 45.7 Å². The van der Waals surface area contributed by atoms with Crippen LogP contribution in [0.2, 0.25) is 5.02 Å². The number of hydrogen-bond acceptors (Lipinski definition) is 5. The van der Waals surface area contributed by atoms with Crippen LogP contribution in [-0.4, -0.2) is 68.8 Å². The Kier molecular flexibility index (Phi) is 8.10. The molecule has 1 saturated carbocycles. The fourth-order valence-electron chi connectivity index (χ4n) is 5.54. The summed E-state index contributed by atoms with van der Waals surface area (Å²) in [6.45, 7) is 1.63. The zero-order chi connectivity index (χ0) is 28.6. The van der Waals surface area contributed by atoms with Gasteiger partial charge in [0.25, 0.3) is 17.4 Å². The van der Waals surface area contributed by atoms with Crippen LogP contribution in [-0.2, 0) is 10.4 Å². The number of carbonyl (C=O) groups is 2. The van der Waals surface area contributed by atoms with Crippen molar-refractivity contribution in [1.29, 1.82) is 0 Å². The van der Waals surface area contributed by atoms with Gasteiger partial charge in [0.1, 0.15) is 5.75 Å². The Morgan fingerprint density at radius 1 is 1.18 bits per heavy atom. The molecule has 0 radical (unpaired) electrons. The summed E-state index contributed by atoms with van der Waals surface area (Å²) in [4.78, 5) is 28.6. The minimum Gasteiger partial charge on any atom is -0.497 e. The maximum Gasteiger partial charge on any atom is 0.430 e. The van der Waals surface area contributed by atoms with Gasteiger partial charge in [-0.15, -0.1) is 0 Å². The van der Waals surface area contributed by atoms with Crippen LogP contribution in [0.3, 0.4) is 0 Å². The van der Waals surface area contributed by atoms with E-state index in [1.54, 1.807) is 26.2 Å². The Labute approximate surface area is 230 Å². The Hall–Kier alpha value is -2.98. The molecule has 2 N–H and O–H groups in total. The highest BCUT2D eigenvalue weighted by atomic mass is 35.5. The van der Waals surface area contributed by atoms with E-state index in [-0.39, 0.29) is 23.6 Å². The number of halogens is 4. The summed E-state index contributed by atoms with van der Waals surface area (Å²) in [6, 6.07) is 10.2. The van der Waals surface area contributed by atoms with Crippen LogP contribution in [0.4, 0.5) is 18.9 Å². The predicted molar refractivity (Wildman–Crippen MR) is 142 cm³/mol. The second kappa shape index (κ2) is 10.9. The van der Waals surface area contributed by atoms with E-state index < -0.39 is 23.2 Å². The number of rotatable bonds is 8. The molecule has 4 rings (SSSR count). The number of aliphatic hydroxyl groups is 1. The first-order valence-corrected chi connectivity index (χ1v) is 13.2. The van der Waals surface area contributed by atoms with Gasteiger partial charge in [-0.25, -0.2) is 0 Å². The molecule has 212 valence electrons. The minimum atomic E-state index is -5.21. The van der Waals surface area contributed by atoms with Crippen LogP contribution in [0.1, 0.15) is 41.6 Å². The molecule has 1 spiro atoms. The third-order valence-electron chi connectivity index (χ3n) is 8.08. The fourth-order valence-corrected chi connectivity index (χ4v) is 5.79. The third-order valence-corrected chi connectivity index (χ3v) is 8.39. The van der Waals surface area contributed by atoms with Crippen molar-refractivity contribution in [3.8, 4) is 5.75 Å². The lowest BCUT2D eigenvalue weighted by atomic mass is 9.89. The molecule has 2 amide bonds. The van der Waals surface area contributed by atoms with Crippen LogP contribution in [0, 0.1) is 11.3 Å². The fraction of sp³-hybridized carbons (Fsp3) is 0.500. The Balaban J connectivity index is 1.31. The van der Waals surface area contributed by atoms with E-state index in [1.807, 2.05) is 6.07 Å². The Morgan fingerprint density at radius 3 is 2.46 bits per heavy atom. The van der Waals surface area contributed by atoms with E-state index in [9.17, 15) is 27.9 Å². The van der Waals surface area contributed by atoms with Crippen molar-refractivity contribution in [2.24, 2.45) is 11.3 Å². The van der Waals surface area contributed by atoms with Crippen LogP contribution >= 0.6 is 11.6 Å². The third kappa shape index (κ3) is 5.68. The maximum absolute atomic E-state index is 13.9. The average molecular weight is 568 g/mol. The van der Waals surface area contributed by atoms with Crippen molar-refractivity contribution < 1.29 is 32.6 Å². The average Bonchev–Trinajstić information content (AvgIpc) is 3.57. The van der Waals surface area contributed by atoms with Crippen molar-refractivity contribution in [1.82, 2.24) is 10.2 Å². The summed E-state index contributed by atoms with van der Waals surface area (Å²) in [5.74, 6) is -1.26. The van der Waals surface area contributed by atoms with Gasteiger partial charge in [0.15, 0.2) is 0 Å². The van der Waals surface area contributed by atoms with E-state index in [0.29, 0.717) is 22.9 Å². The topological polar surface area (TPSA) is 82.1 Å². The standard InChI is InChI=1S/C28H33ClF3N3O4/c1-34(2)24(36)22-8-7-20(16-23(22)29)35-13-10-26(11-14-35)17-19(26)9-12-33-25(37)27(38,28(30,31)32)18-5-4-6-21(15-18)39-3/h4-8,15-16,19,38H,9-14,17H2,1-3H3,(H,33,37)/t19-,27?/m0/s1. The number of hydrogen-bond donors (Lipinski definition) is 2. The summed E-state index contributed by atoms with van der Waals surface area (Å²) in [5, 5.41) is 13.3. The van der Waals surface area contributed by atoms with Gasteiger partial charge in [-0.2, -0.15) is 13.2 Å². The van der Waals surface area contributed by atoms with Gasteiger partial charge in [0.05, 0.1) is 17.7 Å². The second-order valence-electron chi connectivity index (χ2n) is 10.6. The lowest BCUT2D eigenvalue weighted by molar-refractivity contribution is -0.257. The van der Waals surface area contributed by atoms with Gasteiger partial charge in [-0.05, 0) is 67.3 Å². The van der Waals surface area contributed by atoms with Crippen molar-refractivity contribution in [3.05, 3.63) is 58.6 Å². The molecular formula is C28H33ClF3N3O4. The zero-order valence-electron chi connectivity index (χ0n) is 22.1. The first kappa shape index (κ1) is 29.0. The van der Waals surface area contributed by atoms with Crippen LogP contribution in [0.5, 0.6) is 5.75 Å². The van der Waals surface area contributed by atoms with Gasteiger partial charge in [-0.3, -0.25) is 9.59 Å². The summed E-state index contributed by atoms with van der Waals surface area (Å²) in [7, 11) is 4.64. The number of piperidine rings is 1. The Morgan fingerprint density at radius 2 is 1.87 bits per heavy atom. The molecule has 1 heterocycles. The summed E-state index contributed by atoms with van der Waals surface area (Å²) >= 11 is 6.37. The molecule has 11 heteroatoms. The molecule has 1 saturated heterocycles. The van der Waals surface area contributed by atoms with Crippen molar-refractivity contribution >= 4 is 29.1 Å². The normalized spacial score (nSPS) is 19.8. The number of nitrogens with zero attached hydrogens (tertiary/aromatic N) is 2. The first-order chi connectivity index (χ1) is 18.3. The van der Waals surface area contributed by atoms with Crippen LogP contribution in [0.15, 0.2) is 42.5 Å². The lowest BCUT2D eigenvalue weighted by Gasteiger charge is -2.35. The number of ether oxygens (including phenoxy) is 1. The van der Waals surface area contributed by atoms with Crippen molar-refractivity contribution in [3.63, 3.8) is 0 Å². The molecule has 1 aliphatic heterocycles. The highest BCUT2D eigenvalue weighted by Crippen LogP contribution is 2.61. The molecule has 0 bridgehead atoms. The van der Waals surface area contributed by atoms with Gasteiger partial charge in [-0.1, -0.05) is 23.7 Å². The SMILES string of the molecule is COc1cccc(C(O)(C(=O)NCC[C@H]2CC23CCN(c2ccc(C(=O)N(C)C)c(Cl)c2)CC3)C(F)(F)F)c1. The molecule has 2 aromatic carbocycles. The number of alkyl halides is 3. The van der Waals surface area contributed by atoms with E-state index >= 15 is 0 Å². The monoisotopic (exact) mass is 567 g/mol. The number of amides is 2. The number of carbonyl (C=O) groups excluding carboxylic acids is 2. The number of nitrogens with one attached hydrogen (secondary N) is 1. The summed E-state index contributed by atoms with van der Waals surface area (Å²) in [6.07, 6.45) is -1.90. The highest BCUT2D eigenvalue weighted by molar-refractivity contribution is 6.34.